The van der Waals surface area contributed by atoms with Gasteiger partial charge in [-0.05, 0) is 112 Å². The Balaban J connectivity index is 1.17. The molecule has 246 valence electrons. The van der Waals surface area contributed by atoms with Crippen LogP contribution in [0, 0.1) is 0 Å². The minimum atomic E-state index is -3.85. The first-order chi connectivity index (χ1) is 22.5. The van der Waals surface area contributed by atoms with Crippen LogP contribution in [0.5, 0.6) is 5.75 Å². The molecule has 47 heavy (non-hydrogen) atoms. The summed E-state index contributed by atoms with van der Waals surface area (Å²) in [5.41, 5.74) is 2.44. The second-order valence-corrected chi connectivity index (χ2v) is 14.1. The van der Waals surface area contributed by atoms with Gasteiger partial charge in [-0.2, -0.15) is 0 Å². The molecule has 11 heteroatoms. The van der Waals surface area contributed by atoms with Crippen LogP contribution in [0.15, 0.2) is 102 Å². The molecule has 4 aromatic rings. The highest BCUT2D eigenvalue weighted by molar-refractivity contribution is 7.90. The van der Waals surface area contributed by atoms with Gasteiger partial charge >= 0.3 is 6.09 Å². The van der Waals surface area contributed by atoms with Crippen LogP contribution in [0.3, 0.4) is 0 Å². The van der Waals surface area contributed by atoms with Crippen molar-refractivity contribution in [1.29, 1.82) is 0 Å². The molecule has 0 atom stereocenters. The molecule has 0 unspecified atom stereocenters. The summed E-state index contributed by atoms with van der Waals surface area (Å²) < 4.78 is 38.9. The summed E-state index contributed by atoms with van der Waals surface area (Å²) in [5, 5.41) is 5.36. The van der Waals surface area contributed by atoms with Crippen molar-refractivity contribution in [2.75, 3.05) is 36.9 Å². The van der Waals surface area contributed by atoms with Gasteiger partial charge in [-0.25, -0.2) is 17.2 Å². The number of para-hydroxylation sites is 2. The lowest BCUT2D eigenvalue weighted by Gasteiger charge is -2.20. The number of carbonyl (C=O) groups is 2. The number of ether oxygens (including phenoxy) is 2. The molecule has 5 rings (SSSR count). The predicted octanol–water partition coefficient (Wildman–Crippen LogP) is 6.87. The highest BCUT2D eigenvalue weighted by atomic mass is 32.2. The van der Waals surface area contributed by atoms with Crippen molar-refractivity contribution in [1.82, 2.24) is 8.87 Å². The first-order valence-corrected chi connectivity index (χ1v) is 17.0. The average molecular weight is 657 g/mol. The number of hydrogen-bond donors (Lipinski definition) is 2. The summed E-state index contributed by atoms with van der Waals surface area (Å²) in [4.78, 5) is 27.4. The van der Waals surface area contributed by atoms with E-state index in [1.54, 1.807) is 75.4 Å². The Kier molecular flexibility index (Phi) is 10.5. The summed E-state index contributed by atoms with van der Waals surface area (Å²) >= 11 is 0. The molecular weight excluding hydrogens is 616 g/mol. The zero-order valence-electron chi connectivity index (χ0n) is 26.8. The van der Waals surface area contributed by atoms with Crippen LogP contribution in [0.1, 0.15) is 39.2 Å². The number of aromatic nitrogens is 1. The zero-order chi connectivity index (χ0) is 33.4. The van der Waals surface area contributed by atoms with Gasteiger partial charge in [-0.3, -0.25) is 15.0 Å². The maximum absolute atomic E-state index is 13.3. The van der Waals surface area contributed by atoms with E-state index in [4.69, 9.17) is 9.47 Å². The van der Waals surface area contributed by atoms with E-state index in [0.717, 1.165) is 40.5 Å². The van der Waals surface area contributed by atoms with E-state index >= 15 is 0 Å². The minimum absolute atomic E-state index is 0.140. The highest BCUT2D eigenvalue weighted by Crippen LogP contribution is 2.26. The Morgan fingerprint density at radius 3 is 2.11 bits per heavy atom. The van der Waals surface area contributed by atoms with Crippen molar-refractivity contribution >= 4 is 39.5 Å². The quantitative estimate of drug-likeness (QED) is 0.169. The maximum atomic E-state index is 13.3. The van der Waals surface area contributed by atoms with Crippen LogP contribution in [-0.2, 0) is 19.6 Å². The lowest BCUT2D eigenvalue weighted by molar-refractivity contribution is -0.111. The molecule has 0 spiro atoms. The number of rotatable bonds is 11. The SMILES string of the molecule is CC(C)(C)OC(=O)Nc1ccccc1NC(=O)/C=C/c1ccn(S(=O)(=O)c2ccc(-c3ccc(OCCN4CCCC4)cc3)cc2)c1. The van der Waals surface area contributed by atoms with Gasteiger partial charge in [0.1, 0.15) is 18.0 Å². The molecule has 1 aliphatic rings. The number of benzene rings is 3. The molecule has 3 aromatic carbocycles. The molecule has 0 radical (unpaired) electrons. The van der Waals surface area contributed by atoms with Crippen molar-refractivity contribution in [3.8, 4) is 16.9 Å². The van der Waals surface area contributed by atoms with E-state index in [-0.39, 0.29) is 4.90 Å². The third-order valence-electron chi connectivity index (χ3n) is 7.43. The predicted molar refractivity (Wildman–Crippen MR) is 184 cm³/mol. The standard InChI is InChI=1S/C36H40N4O6S/c1-36(2,3)46-35(42)38-33-9-5-4-8-32(33)37-34(41)19-10-27-20-23-40(26-27)47(43,44)31-17-13-29(14-18-31)28-11-15-30(16-12-28)45-25-24-39-21-6-7-22-39/h4-5,8-20,23,26H,6-7,21-22,24-25H2,1-3H3,(H,37,41)(H,38,42)/b19-10+. The molecule has 1 aliphatic heterocycles. The minimum Gasteiger partial charge on any atom is -0.492 e. The molecule has 0 bridgehead atoms. The number of carbonyl (C=O) groups excluding carboxylic acids is 2. The fourth-order valence-electron chi connectivity index (χ4n) is 5.09. The van der Waals surface area contributed by atoms with Crippen LogP contribution in [-0.4, -0.2) is 61.1 Å². The van der Waals surface area contributed by atoms with E-state index < -0.39 is 27.6 Å². The van der Waals surface area contributed by atoms with Crippen LogP contribution >= 0.6 is 0 Å². The molecular formula is C36H40N4O6S. The number of likely N-dealkylation sites (tertiary alicyclic amines) is 1. The summed E-state index contributed by atoms with van der Waals surface area (Å²) in [7, 11) is -3.85. The first kappa shape index (κ1) is 33.5. The average Bonchev–Trinajstić information content (AvgIpc) is 3.74. The van der Waals surface area contributed by atoms with Gasteiger partial charge in [0, 0.05) is 25.0 Å². The fourth-order valence-corrected chi connectivity index (χ4v) is 6.29. The van der Waals surface area contributed by atoms with Gasteiger partial charge in [-0.1, -0.05) is 36.4 Å². The van der Waals surface area contributed by atoms with Gasteiger partial charge in [0.15, 0.2) is 0 Å². The molecule has 1 saturated heterocycles. The Labute approximate surface area is 276 Å². The van der Waals surface area contributed by atoms with E-state index in [1.165, 1.54) is 37.4 Å². The third kappa shape index (κ3) is 9.34. The van der Waals surface area contributed by atoms with Gasteiger partial charge in [0.2, 0.25) is 5.91 Å². The van der Waals surface area contributed by atoms with Crippen LogP contribution < -0.4 is 15.4 Å². The fraction of sp³-hybridized carbons (Fsp3) is 0.278. The van der Waals surface area contributed by atoms with Gasteiger partial charge in [-0.15, -0.1) is 0 Å². The zero-order valence-corrected chi connectivity index (χ0v) is 27.6. The van der Waals surface area contributed by atoms with Gasteiger partial charge in [0.05, 0.1) is 16.3 Å². The normalized spacial score (nSPS) is 13.9. The summed E-state index contributed by atoms with van der Waals surface area (Å²) in [5.74, 6) is 0.346. The molecule has 2 N–H and O–H groups in total. The van der Waals surface area contributed by atoms with Crippen LogP contribution in [0.25, 0.3) is 17.2 Å². The molecule has 2 amide bonds. The maximum Gasteiger partial charge on any atom is 0.412 e. The number of nitrogens with one attached hydrogen (secondary N) is 2. The Hall–Kier alpha value is -4.87. The second-order valence-electron chi connectivity index (χ2n) is 12.2. The second kappa shape index (κ2) is 14.7. The Bertz CT molecular complexity index is 1820. The van der Waals surface area contributed by atoms with E-state index in [9.17, 15) is 18.0 Å². The molecule has 1 aromatic heterocycles. The molecule has 1 fully saturated rings. The third-order valence-corrected chi connectivity index (χ3v) is 9.08. The highest BCUT2D eigenvalue weighted by Gasteiger charge is 2.19. The molecule has 10 nitrogen and oxygen atoms in total. The van der Waals surface area contributed by atoms with Crippen molar-refractivity contribution in [3.63, 3.8) is 0 Å². The number of hydrogen-bond acceptors (Lipinski definition) is 7. The Morgan fingerprint density at radius 2 is 1.47 bits per heavy atom. The van der Waals surface area contributed by atoms with Crippen LogP contribution in [0.4, 0.5) is 16.2 Å². The molecule has 0 saturated carbocycles. The number of anilines is 2. The van der Waals surface area contributed by atoms with Gasteiger partial charge < -0.3 is 14.8 Å². The summed E-state index contributed by atoms with van der Waals surface area (Å²) in [6, 6.07) is 22.8. The molecule has 0 aliphatic carbocycles. The Morgan fingerprint density at radius 1 is 0.851 bits per heavy atom. The molecule has 2 heterocycles. The lowest BCUT2D eigenvalue weighted by atomic mass is 10.1. The van der Waals surface area contributed by atoms with E-state index in [2.05, 4.69) is 15.5 Å². The lowest BCUT2D eigenvalue weighted by Crippen LogP contribution is -2.27. The van der Waals surface area contributed by atoms with Crippen molar-refractivity contribution in [2.24, 2.45) is 0 Å². The van der Waals surface area contributed by atoms with Gasteiger partial charge in [0.25, 0.3) is 10.0 Å². The van der Waals surface area contributed by atoms with Crippen molar-refractivity contribution < 1.29 is 27.5 Å². The van der Waals surface area contributed by atoms with Crippen LogP contribution in [0.2, 0.25) is 0 Å². The smallest absolute Gasteiger partial charge is 0.412 e. The van der Waals surface area contributed by atoms with Crippen molar-refractivity contribution in [2.45, 2.75) is 44.1 Å². The number of nitrogens with zero attached hydrogens (tertiary/aromatic N) is 2. The summed E-state index contributed by atoms with van der Waals surface area (Å²) in [6.45, 7) is 9.14. The summed E-state index contributed by atoms with van der Waals surface area (Å²) in [6.07, 6.45) is 7.54. The van der Waals surface area contributed by atoms with E-state index in [0.29, 0.717) is 23.5 Å². The number of amides is 2. The topological polar surface area (TPSA) is 119 Å². The first-order valence-electron chi connectivity index (χ1n) is 15.5. The largest absolute Gasteiger partial charge is 0.492 e. The van der Waals surface area contributed by atoms with Crippen molar-refractivity contribution in [3.05, 3.63) is 103 Å². The monoisotopic (exact) mass is 656 g/mol. The van der Waals surface area contributed by atoms with E-state index in [1.807, 2.05) is 24.3 Å².